The van der Waals surface area contributed by atoms with Crippen LogP contribution in [0.1, 0.15) is 29.5 Å². The maximum atomic E-state index is 12.3. The molecule has 2 aromatic rings. The summed E-state index contributed by atoms with van der Waals surface area (Å²) in [4.78, 5) is 13.9. The molecule has 0 spiro atoms. The third-order valence-corrected chi connectivity index (χ3v) is 3.33. The molecule has 0 radical (unpaired) electrons. The Kier molecular flexibility index (Phi) is 5.93. The van der Waals surface area contributed by atoms with Crippen molar-refractivity contribution in [1.82, 2.24) is 5.16 Å². The standard InChI is InChI=1S/C15H19N3O2.ClH/c1-10-15(11(2)20-17-10)18(3)14(19)9-13(16)12-7-5-4-6-8-12;/h4-8,13H,9,16H2,1-3H3;1H. The molecule has 5 nitrogen and oxygen atoms in total. The molecule has 2 rings (SSSR count). The van der Waals surface area contributed by atoms with Crippen LogP contribution in [0.5, 0.6) is 0 Å². The summed E-state index contributed by atoms with van der Waals surface area (Å²) in [5.74, 6) is 0.572. The van der Waals surface area contributed by atoms with Crippen molar-refractivity contribution in [3.05, 3.63) is 47.3 Å². The predicted molar refractivity (Wildman–Crippen MR) is 84.6 cm³/mol. The van der Waals surface area contributed by atoms with E-state index in [9.17, 15) is 4.79 Å². The number of nitrogens with zero attached hydrogens (tertiary/aromatic N) is 2. The number of aromatic nitrogens is 1. The molecule has 1 aromatic heterocycles. The number of hydrogen-bond donors (Lipinski definition) is 1. The van der Waals surface area contributed by atoms with Crippen LogP contribution in [0.15, 0.2) is 34.9 Å². The second-order valence-electron chi connectivity index (χ2n) is 4.85. The van der Waals surface area contributed by atoms with E-state index >= 15 is 0 Å². The lowest BCUT2D eigenvalue weighted by atomic mass is 10.0. The van der Waals surface area contributed by atoms with Gasteiger partial charge in [-0.2, -0.15) is 0 Å². The molecule has 114 valence electrons. The molecule has 1 aromatic carbocycles. The largest absolute Gasteiger partial charge is 0.359 e. The number of rotatable bonds is 4. The van der Waals surface area contributed by atoms with Gasteiger partial charge in [-0.25, -0.2) is 0 Å². The van der Waals surface area contributed by atoms with Crippen LogP contribution >= 0.6 is 12.4 Å². The molecule has 0 saturated carbocycles. The van der Waals surface area contributed by atoms with Crippen molar-refractivity contribution >= 4 is 24.0 Å². The first kappa shape index (κ1) is 17.2. The van der Waals surface area contributed by atoms with Crippen LogP contribution in [0.2, 0.25) is 0 Å². The van der Waals surface area contributed by atoms with E-state index in [1.807, 2.05) is 37.3 Å². The van der Waals surface area contributed by atoms with E-state index in [0.717, 1.165) is 11.3 Å². The summed E-state index contributed by atoms with van der Waals surface area (Å²) in [6, 6.07) is 9.29. The minimum Gasteiger partial charge on any atom is -0.359 e. The number of hydrogen-bond acceptors (Lipinski definition) is 4. The van der Waals surface area contributed by atoms with Gasteiger partial charge in [0.25, 0.3) is 0 Å². The van der Waals surface area contributed by atoms with Gasteiger partial charge in [0, 0.05) is 19.5 Å². The summed E-state index contributed by atoms with van der Waals surface area (Å²) in [6.45, 7) is 3.60. The van der Waals surface area contributed by atoms with Gasteiger partial charge in [-0.1, -0.05) is 35.5 Å². The molecule has 1 atom stereocenters. The van der Waals surface area contributed by atoms with Gasteiger partial charge in [-0.3, -0.25) is 4.79 Å². The van der Waals surface area contributed by atoms with Gasteiger partial charge in [0.1, 0.15) is 11.4 Å². The van der Waals surface area contributed by atoms with Gasteiger partial charge in [-0.15, -0.1) is 12.4 Å². The maximum absolute atomic E-state index is 12.3. The van der Waals surface area contributed by atoms with Gasteiger partial charge >= 0.3 is 0 Å². The number of nitrogens with two attached hydrogens (primary N) is 1. The van der Waals surface area contributed by atoms with Gasteiger partial charge in [0.2, 0.25) is 5.91 Å². The van der Waals surface area contributed by atoms with E-state index in [0.29, 0.717) is 11.5 Å². The first-order valence-corrected chi connectivity index (χ1v) is 6.50. The first-order valence-electron chi connectivity index (χ1n) is 6.50. The zero-order valence-corrected chi connectivity index (χ0v) is 13.2. The number of aryl methyl sites for hydroxylation is 2. The van der Waals surface area contributed by atoms with E-state index in [1.54, 1.807) is 18.9 Å². The van der Waals surface area contributed by atoms with Crippen molar-refractivity contribution in [2.75, 3.05) is 11.9 Å². The lowest BCUT2D eigenvalue weighted by Crippen LogP contribution is -2.30. The van der Waals surface area contributed by atoms with Crippen LogP contribution in [-0.2, 0) is 4.79 Å². The highest BCUT2D eigenvalue weighted by Crippen LogP contribution is 2.24. The van der Waals surface area contributed by atoms with E-state index in [1.165, 1.54) is 0 Å². The van der Waals surface area contributed by atoms with Crippen molar-refractivity contribution in [3.8, 4) is 0 Å². The van der Waals surface area contributed by atoms with Gasteiger partial charge in [0.15, 0.2) is 5.76 Å². The molecule has 0 aliphatic heterocycles. The molecule has 0 saturated heterocycles. The fraction of sp³-hybridized carbons (Fsp3) is 0.333. The van der Waals surface area contributed by atoms with Crippen molar-refractivity contribution in [2.24, 2.45) is 5.73 Å². The SMILES string of the molecule is Cc1noc(C)c1N(C)C(=O)CC(N)c1ccccc1.Cl. The molecule has 1 amide bonds. The van der Waals surface area contributed by atoms with E-state index < -0.39 is 0 Å². The summed E-state index contributed by atoms with van der Waals surface area (Å²) in [5, 5.41) is 3.86. The maximum Gasteiger partial charge on any atom is 0.228 e. The van der Waals surface area contributed by atoms with Crippen LogP contribution in [0.4, 0.5) is 5.69 Å². The molecule has 0 aliphatic carbocycles. The van der Waals surface area contributed by atoms with Crippen LogP contribution in [-0.4, -0.2) is 18.1 Å². The smallest absolute Gasteiger partial charge is 0.228 e. The lowest BCUT2D eigenvalue weighted by molar-refractivity contribution is -0.118. The Hall–Kier alpha value is -1.85. The molecule has 1 unspecified atom stereocenters. The van der Waals surface area contributed by atoms with E-state index in [-0.39, 0.29) is 30.8 Å². The summed E-state index contributed by atoms with van der Waals surface area (Å²) < 4.78 is 5.08. The zero-order chi connectivity index (χ0) is 14.7. The molecule has 0 bridgehead atoms. The number of carbonyl (C=O) groups is 1. The van der Waals surface area contributed by atoms with E-state index in [2.05, 4.69) is 5.16 Å². The lowest BCUT2D eigenvalue weighted by Gasteiger charge is -2.19. The van der Waals surface area contributed by atoms with Gasteiger partial charge in [-0.05, 0) is 19.4 Å². The third kappa shape index (κ3) is 3.83. The molecular weight excluding hydrogens is 290 g/mol. The fourth-order valence-corrected chi connectivity index (χ4v) is 2.22. The van der Waals surface area contributed by atoms with Crippen molar-refractivity contribution in [2.45, 2.75) is 26.3 Å². The van der Waals surface area contributed by atoms with Crippen molar-refractivity contribution in [3.63, 3.8) is 0 Å². The van der Waals surface area contributed by atoms with Gasteiger partial charge in [0.05, 0.1) is 0 Å². The molecule has 1 heterocycles. The van der Waals surface area contributed by atoms with Crippen LogP contribution in [0, 0.1) is 13.8 Å². The summed E-state index contributed by atoms with van der Waals surface area (Å²) in [5.41, 5.74) is 8.45. The van der Waals surface area contributed by atoms with Crippen molar-refractivity contribution < 1.29 is 9.32 Å². The molecule has 0 fully saturated rings. The summed E-state index contributed by atoms with van der Waals surface area (Å²) in [7, 11) is 1.71. The fourth-order valence-electron chi connectivity index (χ4n) is 2.22. The second kappa shape index (κ2) is 7.24. The Balaban J connectivity index is 0.00000220. The zero-order valence-electron chi connectivity index (χ0n) is 12.4. The average Bonchev–Trinajstić information content (AvgIpc) is 2.78. The average molecular weight is 310 g/mol. The summed E-state index contributed by atoms with van der Waals surface area (Å²) in [6.07, 6.45) is 0.241. The Morgan fingerprint density at radius 1 is 1.33 bits per heavy atom. The Bertz CT molecular complexity index is 579. The highest BCUT2D eigenvalue weighted by molar-refractivity contribution is 5.94. The summed E-state index contributed by atoms with van der Waals surface area (Å²) >= 11 is 0. The van der Waals surface area contributed by atoms with Gasteiger partial charge < -0.3 is 15.2 Å². The number of carbonyl (C=O) groups excluding carboxylic acids is 1. The third-order valence-electron chi connectivity index (χ3n) is 3.33. The molecule has 0 aliphatic rings. The molecule has 2 N–H and O–H groups in total. The second-order valence-corrected chi connectivity index (χ2v) is 4.85. The predicted octanol–water partition coefficient (Wildman–Crippen LogP) is 2.77. The number of amides is 1. The van der Waals surface area contributed by atoms with E-state index in [4.69, 9.17) is 10.3 Å². The van der Waals surface area contributed by atoms with Crippen LogP contribution in [0.3, 0.4) is 0 Å². The normalized spacial score (nSPS) is 11.6. The number of halogens is 1. The first-order chi connectivity index (χ1) is 9.50. The minimum atomic E-state index is -0.313. The van der Waals surface area contributed by atoms with Crippen LogP contribution in [0.25, 0.3) is 0 Å². The molecule has 6 heteroatoms. The molecular formula is C15H20ClN3O2. The molecule has 21 heavy (non-hydrogen) atoms. The van der Waals surface area contributed by atoms with Crippen LogP contribution < -0.4 is 10.6 Å². The Labute approximate surface area is 130 Å². The highest BCUT2D eigenvalue weighted by atomic mass is 35.5. The quantitative estimate of drug-likeness (QED) is 0.942. The number of anilines is 1. The monoisotopic (exact) mass is 309 g/mol. The topological polar surface area (TPSA) is 72.4 Å². The van der Waals surface area contributed by atoms with Crippen molar-refractivity contribution in [1.29, 1.82) is 0 Å². The minimum absolute atomic E-state index is 0. The number of benzene rings is 1. The Morgan fingerprint density at radius 2 is 1.95 bits per heavy atom. The highest BCUT2D eigenvalue weighted by Gasteiger charge is 2.21. The Morgan fingerprint density at radius 3 is 2.48 bits per heavy atom.